The van der Waals surface area contributed by atoms with Gasteiger partial charge in [-0.3, -0.25) is 4.79 Å². The number of hydrogen-bond donors (Lipinski definition) is 4. The molecule has 1 aliphatic rings. The van der Waals surface area contributed by atoms with Gasteiger partial charge in [-0.1, -0.05) is 12.1 Å². The first-order valence-electron chi connectivity index (χ1n) is 7.74. The number of rotatable bonds is 4. The SMILES string of the molecule is CC(C)NC(=O)Nc1ccccc1NC(=O)C1CCCNC1. The Balaban J connectivity index is 2.01. The van der Waals surface area contributed by atoms with Crippen molar-refractivity contribution in [3.8, 4) is 0 Å². The first-order valence-corrected chi connectivity index (χ1v) is 7.74. The van der Waals surface area contributed by atoms with Crippen molar-refractivity contribution in [3.05, 3.63) is 24.3 Å². The molecule has 0 spiro atoms. The third-order valence-corrected chi connectivity index (χ3v) is 3.52. The Hall–Kier alpha value is -2.08. The number of carbonyl (C=O) groups is 2. The van der Waals surface area contributed by atoms with Gasteiger partial charge in [0.1, 0.15) is 0 Å². The molecule has 6 nitrogen and oxygen atoms in total. The molecule has 1 aromatic rings. The van der Waals surface area contributed by atoms with Crippen LogP contribution in [0.15, 0.2) is 24.3 Å². The van der Waals surface area contributed by atoms with Crippen LogP contribution in [0.5, 0.6) is 0 Å². The summed E-state index contributed by atoms with van der Waals surface area (Å²) in [5, 5.41) is 11.7. The van der Waals surface area contributed by atoms with Crippen molar-refractivity contribution in [2.24, 2.45) is 5.92 Å². The standard InChI is InChI=1S/C16H24N4O2/c1-11(2)18-16(22)20-14-8-4-3-7-13(14)19-15(21)12-6-5-9-17-10-12/h3-4,7-8,11-12,17H,5-6,9-10H2,1-2H3,(H,19,21)(H2,18,20,22). The topological polar surface area (TPSA) is 82.3 Å². The summed E-state index contributed by atoms with van der Waals surface area (Å²) in [6.45, 7) is 5.46. The highest BCUT2D eigenvalue weighted by atomic mass is 16.2. The lowest BCUT2D eigenvalue weighted by atomic mass is 9.99. The lowest BCUT2D eigenvalue weighted by molar-refractivity contribution is -0.120. The predicted octanol–water partition coefficient (Wildman–Crippen LogP) is 2.15. The molecule has 0 radical (unpaired) electrons. The van der Waals surface area contributed by atoms with Crippen molar-refractivity contribution in [3.63, 3.8) is 0 Å². The van der Waals surface area contributed by atoms with Crippen LogP contribution in [0, 0.1) is 5.92 Å². The average molecular weight is 304 g/mol. The van der Waals surface area contributed by atoms with E-state index in [4.69, 9.17) is 0 Å². The number of carbonyl (C=O) groups excluding carboxylic acids is 2. The van der Waals surface area contributed by atoms with Crippen LogP contribution in [0.2, 0.25) is 0 Å². The number of anilines is 2. The molecule has 2 rings (SSSR count). The van der Waals surface area contributed by atoms with E-state index in [9.17, 15) is 9.59 Å². The van der Waals surface area contributed by atoms with Gasteiger partial charge >= 0.3 is 6.03 Å². The van der Waals surface area contributed by atoms with Gasteiger partial charge in [-0.05, 0) is 45.4 Å². The zero-order chi connectivity index (χ0) is 15.9. The maximum atomic E-state index is 12.3. The molecule has 0 bridgehead atoms. The largest absolute Gasteiger partial charge is 0.336 e. The minimum absolute atomic E-state index is 0.00859. The van der Waals surface area contributed by atoms with E-state index in [0.717, 1.165) is 19.4 Å². The Labute approximate surface area is 131 Å². The van der Waals surface area contributed by atoms with E-state index < -0.39 is 0 Å². The first kappa shape index (κ1) is 16.3. The minimum atomic E-state index is -0.281. The zero-order valence-electron chi connectivity index (χ0n) is 13.1. The number of para-hydroxylation sites is 2. The van der Waals surface area contributed by atoms with E-state index in [1.807, 2.05) is 26.0 Å². The third kappa shape index (κ3) is 4.73. The third-order valence-electron chi connectivity index (χ3n) is 3.52. The van der Waals surface area contributed by atoms with Crippen molar-refractivity contribution in [1.29, 1.82) is 0 Å². The second-order valence-corrected chi connectivity index (χ2v) is 5.83. The summed E-state index contributed by atoms with van der Waals surface area (Å²) >= 11 is 0. The van der Waals surface area contributed by atoms with Crippen LogP contribution in [0.4, 0.5) is 16.2 Å². The number of hydrogen-bond acceptors (Lipinski definition) is 3. The molecule has 1 atom stereocenters. The molecule has 1 unspecified atom stereocenters. The molecule has 3 amide bonds. The number of urea groups is 1. The van der Waals surface area contributed by atoms with Crippen LogP contribution >= 0.6 is 0 Å². The van der Waals surface area contributed by atoms with Crippen molar-refractivity contribution in [2.75, 3.05) is 23.7 Å². The van der Waals surface area contributed by atoms with Gasteiger partial charge in [0.05, 0.1) is 17.3 Å². The highest BCUT2D eigenvalue weighted by Gasteiger charge is 2.21. The molecule has 1 fully saturated rings. The second-order valence-electron chi connectivity index (χ2n) is 5.83. The zero-order valence-corrected chi connectivity index (χ0v) is 13.1. The Kier molecular flexibility index (Phi) is 5.77. The Morgan fingerprint density at radius 2 is 1.86 bits per heavy atom. The van der Waals surface area contributed by atoms with E-state index in [1.54, 1.807) is 12.1 Å². The average Bonchev–Trinajstić information content (AvgIpc) is 2.49. The Morgan fingerprint density at radius 1 is 1.18 bits per heavy atom. The summed E-state index contributed by atoms with van der Waals surface area (Å²) in [5.41, 5.74) is 1.22. The molecular weight excluding hydrogens is 280 g/mol. The fourth-order valence-corrected chi connectivity index (χ4v) is 2.43. The minimum Gasteiger partial charge on any atom is -0.336 e. The fourth-order valence-electron chi connectivity index (χ4n) is 2.43. The molecule has 22 heavy (non-hydrogen) atoms. The van der Waals surface area contributed by atoms with Gasteiger partial charge < -0.3 is 21.3 Å². The molecule has 0 aliphatic carbocycles. The lowest BCUT2D eigenvalue weighted by Gasteiger charge is -2.22. The molecule has 6 heteroatoms. The molecular formula is C16H24N4O2. The van der Waals surface area contributed by atoms with Crippen LogP contribution in [0.3, 0.4) is 0 Å². The summed E-state index contributed by atoms with van der Waals surface area (Å²) in [5.74, 6) is -0.0305. The molecule has 1 saturated heterocycles. The van der Waals surface area contributed by atoms with Gasteiger partial charge in [0.25, 0.3) is 0 Å². The van der Waals surface area contributed by atoms with Gasteiger partial charge in [-0.25, -0.2) is 4.79 Å². The van der Waals surface area contributed by atoms with Gasteiger partial charge in [0.15, 0.2) is 0 Å². The van der Waals surface area contributed by atoms with E-state index >= 15 is 0 Å². The van der Waals surface area contributed by atoms with E-state index in [-0.39, 0.29) is 23.9 Å². The summed E-state index contributed by atoms with van der Waals surface area (Å²) in [4.78, 5) is 24.1. The van der Waals surface area contributed by atoms with Crippen LogP contribution in [0.1, 0.15) is 26.7 Å². The highest BCUT2D eigenvalue weighted by Crippen LogP contribution is 2.22. The van der Waals surface area contributed by atoms with Crippen molar-refractivity contribution in [2.45, 2.75) is 32.7 Å². The van der Waals surface area contributed by atoms with Gasteiger partial charge in [0, 0.05) is 12.6 Å². The van der Waals surface area contributed by atoms with E-state index in [2.05, 4.69) is 21.3 Å². The second kappa shape index (κ2) is 7.79. The van der Waals surface area contributed by atoms with Gasteiger partial charge in [0.2, 0.25) is 5.91 Å². The van der Waals surface area contributed by atoms with Crippen molar-refractivity contribution in [1.82, 2.24) is 10.6 Å². The smallest absolute Gasteiger partial charge is 0.319 e. The Bertz CT molecular complexity index is 525. The summed E-state index contributed by atoms with van der Waals surface area (Å²) in [6.07, 6.45) is 1.90. The monoisotopic (exact) mass is 304 g/mol. The highest BCUT2D eigenvalue weighted by molar-refractivity contribution is 5.99. The van der Waals surface area contributed by atoms with Crippen LogP contribution in [-0.4, -0.2) is 31.1 Å². The van der Waals surface area contributed by atoms with Crippen LogP contribution in [-0.2, 0) is 4.79 Å². The molecule has 0 aromatic heterocycles. The van der Waals surface area contributed by atoms with E-state index in [1.165, 1.54) is 0 Å². The number of benzene rings is 1. The molecule has 0 saturated carbocycles. The van der Waals surface area contributed by atoms with Crippen LogP contribution in [0.25, 0.3) is 0 Å². The fraction of sp³-hybridized carbons (Fsp3) is 0.500. The molecule has 1 aliphatic heterocycles. The number of nitrogens with one attached hydrogen (secondary N) is 4. The number of piperidine rings is 1. The summed E-state index contributed by atoms with van der Waals surface area (Å²) < 4.78 is 0. The van der Waals surface area contributed by atoms with Gasteiger partial charge in [-0.15, -0.1) is 0 Å². The maximum absolute atomic E-state index is 12.3. The quantitative estimate of drug-likeness (QED) is 0.688. The number of amides is 3. The predicted molar refractivity (Wildman–Crippen MR) is 88.0 cm³/mol. The normalized spacial score (nSPS) is 17.9. The molecule has 4 N–H and O–H groups in total. The molecule has 120 valence electrons. The summed E-state index contributed by atoms with van der Waals surface area (Å²) in [6, 6.07) is 6.99. The lowest BCUT2D eigenvalue weighted by Crippen LogP contribution is -2.37. The van der Waals surface area contributed by atoms with Crippen molar-refractivity contribution >= 4 is 23.3 Å². The molecule has 1 aromatic carbocycles. The maximum Gasteiger partial charge on any atom is 0.319 e. The van der Waals surface area contributed by atoms with Gasteiger partial charge in [-0.2, -0.15) is 0 Å². The molecule has 1 heterocycles. The van der Waals surface area contributed by atoms with Crippen LogP contribution < -0.4 is 21.3 Å². The van der Waals surface area contributed by atoms with E-state index in [0.29, 0.717) is 17.9 Å². The summed E-state index contributed by atoms with van der Waals surface area (Å²) in [7, 11) is 0. The first-order chi connectivity index (χ1) is 10.6. The van der Waals surface area contributed by atoms with Crippen molar-refractivity contribution < 1.29 is 9.59 Å². The Morgan fingerprint density at radius 3 is 2.45 bits per heavy atom.